The lowest BCUT2D eigenvalue weighted by Crippen LogP contribution is -2.55. The second kappa shape index (κ2) is 20.2. The third-order valence-corrected chi connectivity index (χ3v) is 5.23. The van der Waals surface area contributed by atoms with Gasteiger partial charge >= 0.3 is 13.8 Å². The molecule has 1 aromatic carbocycles. The minimum Gasteiger partial charge on any atom is -0.445 e. The van der Waals surface area contributed by atoms with Crippen molar-refractivity contribution in [1.29, 1.82) is 0 Å². The molecule has 0 aliphatic carbocycles. The molecule has 0 aliphatic heterocycles. The van der Waals surface area contributed by atoms with Crippen LogP contribution in [-0.4, -0.2) is 60.1 Å². The predicted octanol–water partition coefficient (Wildman–Crippen LogP) is 2.24. The van der Waals surface area contributed by atoms with E-state index in [1.165, 1.54) is 0 Å². The molecule has 0 aliphatic rings. The van der Waals surface area contributed by atoms with Gasteiger partial charge < -0.3 is 35.5 Å². The zero-order valence-electron chi connectivity index (χ0n) is 22.6. The molecule has 3 atom stereocenters. The van der Waals surface area contributed by atoms with Gasteiger partial charge in [0.25, 0.3) is 0 Å². The molecule has 0 saturated carbocycles. The van der Waals surface area contributed by atoms with Crippen molar-refractivity contribution in [2.45, 2.75) is 91.5 Å². The molecular formula is C26H43BN3O7. The first-order valence-corrected chi connectivity index (χ1v) is 12.7. The number of benzene rings is 1. The van der Waals surface area contributed by atoms with Gasteiger partial charge in [0.15, 0.2) is 0 Å². The van der Waals surface area contributed by atoms with Crippen molar-refractivity contribution in [1.82, 2.24) is 16.0 Å². The van der Waals surface area contributed by atoms with E-state index in [2.05, 4.69) is 16.0 Å². The summed E-state index contributed by atoms with van der Waals surface area (Å²) in [5.41, 5.74) is 0.837. The van der Waals surface area contributed by atoms with Crippen LogP contribution in [0, 0.1) is 11.8 Å². The van der Waals surface area contributed by atoms with Crippen LogP contribution in [0.4, 0.5) is 4.79 Å². The monoisotopic (exact) mass is 520 g/mol. The van der Waals surface area contributed by atoms with Gasteiger partial charge in [0.2, 0.25) is 11.8 Å². The fraction of sp³-hybridized carbons (Fsp3) is 0.615. The fourth-order valence-electron chi connectivity index (χ4n) is 3.47. The number of alkyl carbamates (subject to hydrolysis) is 1. The van der Waals surface area contributed by atoms with E-state index in [-0.39, 0.29) is 26.1 Å². The Bertz CT molecular complexity index is 794. The highest BCUT2D eigenvalue weighted by Gasteiger charge is 2.29. The van der Waals surface area contributed by atoms with Gasteiger partial charge in [0.1, 0.15) is 25.0 Å². The number of rotatable bonds is 15. The maximum Gasteiger partial charge on any atom is 0.482 e. The highest BCUT2D eigenvalue weighted by molar-refractivity contribution is 6.13. The molecule has 0 spiro atoms. The Morgan fingerprint density at radius 3 is 1.92 bits per heavy atom. The van der Waals surface area contributed by atoms with Crippen molar-refractivity contribution < 1.29 is 34.0 Å². The van der Waals surface area contributed by atoms with Crippen molar-refractivity contribution in [3.8, 4) is 0 Å². The highest BCUT2D eigenvalue weighted by atomic mass is 16.5. The Morgan fingerprint density at radius 2 is 1.43 bits per heavy atom. The minimum absolute atomic E-state index is 0. The molecule has 207 valence electrons. The fourth-order valence-corrected chi connectivity index (χ4v) is 3.47. The molecule has 1 radical (unpaired) electrons. The standard InChI is InChI=1S/C26H41N3O5.BH2O2/c1-6-7-13-21(16-30)27-24(31)22(14-18(2)3)28-25(32)23(15-19(4)5)29-26(33)34-17-20-11-9-8-10-12-20;2-1-3/h8-12,16,18-19,21-23H,6-7,13-15,17H2,1-5H3,(H,27,31)(H,28,32)(H,29,33);2-3H. The Balaban J connectivity index is 0.00000410. The third kappa shape index (κ3) is 16.4. The van der Waals surface area contributed by atoms with E-state index < -0.39 is 36.0 Å². The molecule has 11 heteroatoms. The number of hydrogen-bond donors (Lipinski definition) is 5. The van der Waals surface area contributed by atoms with Crippen LogP contribution < -0.4 is 16.0 Å². The van der Waals surface area contributed by atoms with Crippen LogP contribution in [0.25, 0.3) is 0 Å². The normalized spacial score (nSPS) is 12.9. The molecule has 0 aromatic heterocycles. The average Bonchev–Trinajstić information content (AvgIpc) is 2.84. The molecule has 0 heterocycles. The molecule has 3 unspecified atom stereocenters. The van der Waals surface area contributed by atoms with E-state index in [0.717, 1.165) is 24.7 Å². The summed E-state index contributed by atoms with van der Waals surface area (Å²) < 4.78 is 5.26. The second-order valence-corrected chi connectivity index (χ2v) is 9.59. The maximum atomic E-state index is 13.1. The summed E-state index contributed by atoms with van der Waals surface area (Å²) in [6.07, 6.45) is 3.10. The number of ether oxygens (including phenoxy) is 1. The number of carbonyl (C=O) groups excluding carboxylic acids is 4. The smallest absolute Gasteiger partial charge is 0.445 e. The summed E-state index contributed by atoms with van der Waals surface area (Å²) in [5, 5.41) is 22.2. The Morgan fingerprint density at radius 1 is 0.919 bits per heavy atom. The lowest BCUT2D eigenvalue weighted by atomic mass is 10.00. The van der Waals surface area contributed by atoms with Crippen molar-refractivity contribution in [3.63, 3.8) is 0 Å². The number of aldehydes is 1. The first-order chi connectivity index (χ1) is 17.6. The molecule has 10 nitrogen and oxygen atoms in total. The van der Waals surface area contributed by atoms with E-state index in [0.29, 0.717) is 19.3 Å². The van der Waals surface area contributed by atoms with Crippen LogP contribution in [0.2, 0.25) is 0 Å². The van der Waals surface area contributed by atoms with E-state index in [1.54, 1.807) is 0 Å². The molecule has 3 amide bonds. The molecule has 0 fully saturated rings. The van der Waals surface area contributed by atoms with Crippen LogP contribution in [0.3, 0.4) is 0 Å². The molecule has 0 bridgehead atoms. The van der Waals surface area contributed by atoms with Crippen LogP contribution in [0.1, 0.15) is 72.3 Å². The number of amides is 3. The van der Waals surface area contributed by atoms with Gasteiger partial charge in [-0.3, -0.25) is 9.59 Å². The summed E-state index contributed by atoms with van der Waals surface area (Å²) in [5.74, 6) is -0.600. The number of nitrogens with one attached hydrogen (secondary N) is 3. The van der Waals surface area contributed by atoms with Gasteiger partial charge in [-0.25, -0.2) is 4.79 Å². The summed E-state index contributed by atoms with van der Waals surface area (Å²) in [4.78, 5) is 49.7. The number of unbranched alkanes of at least 4 members (excludes halogenated alkanes) is 1. The SMILES string of the molecule is CCCCC(C=O)NC(=O)C(CC(C)C)NC(=O)C(CC(C)C)NC(=O)OCc1ccccc1.O[B]O. The van der Waals surface area contributed by atoms with Gasteiger partial charge in [-0.1, -0.05) is 77.8 Å². The molecule has 0 saturated heterocycles. The van der Waals surface area contributed by atoms with Crippen molar-refractivity contribution in [3.05, 3.63) is 35.9 Å². The first-order valence-electron chi connectivity index (χ1n) is 12.7. The van der Waals surface area contributed by atoms with E-state index >= 15 is 0 Å². The highest BCUT2D eigenvalue weighted by Crippen LogP contribution is 2.10. The first kappa shape index (κ1) is 34.1. The largest absolute Gasteiger partial charge is 0.482 e. The molecule has 1 aromatic rings. The van der Waals surface area contributed by atoms with Crippen molar-refractivity contribution in [2.75, 3.05) is 0 Å². The lowest BCUT2D eigenvalue weighted by molar-refractivity contribution is -0.131. The van der Waals surface area contributed by atoms with Gasteiger partial charge in [-0.2, -0.15) is 0 Å². The molecular weight excluding hydrogens is 477 g/mol. The van der Waals surface area contributed by atoms with Crippen LogP contribution in [-0.2, 0) is 25.7 Å². The van der Waals surface area contributed by atoms with Crippen LogP contribution in [0.15, 0.2) is 30.3 Å². The second-order valence-electron chi connectivity index (χ2n) is 9.59. The Hall–Kier alpha value is -2.92. The lowest BCUT2D eigenvalue weighted by Gasteiger charge is -2.26. The van der Waals surface area contributed by atoms with E-state index in [4.69, 9.17) is 14.8 Å². The van der Waals surface area contributed by atoms with Crippen LogP contribution in [0.5, 0.6) is 0 Å². The Kier molecular flexibility index (Phi) is 18.6. The van der Waals surface area contributed by atoms with Gasteiger partial charge in [0, 0.05) is 0 Å². The Labute approximate surface area is 221 Å². The van der Waals surface area contributed by atoms with Crippen LogP contribution >= 0.6 is 0 Å². The molecule has 5 N–H and O–H groups in total. The average molecular weight is 520 g/mol. The van der Waals surface area contributed by atoms with Gasteiger partial charge in [0.05, 0.1) is 6.04 Å². The number of carbonyl (C=O) groups is 4. The summed E-state index contributed by atoms with van der Waals surface area (Å²) in [6, 6.07) is 7.00. The minimum atomic E-state index is -0.854. The van der Waals surface area contributed by atoms with E-state index in [9.17, 15) is 19.2 Å². The molecule has 1 rings (SSSR count). The number of hydrogen-bond acceptors (Lipinski definition) is 7. The van der Waals surface area contributed by atoms with Gasteiger partial charge in [-0.15, -0.1) is 0 Å². The summed E-state index contributed by atoms with van der Waals surface area (Å²) in [7, 11) is 0. The zero-order valence-corrected chi connectivity index (χ0v) is 22.6. The van der Waals surface area contributed by atoms with Crippen molar-refractivity contribution >= 4 is 31.9 Å². The zero-order chi connectivity index (χ0) is 28.2. The third-order valence-electron chi connectivity index (χ3n) is 5.23. The van der Waals surface area contributed by atoms with E-state index in [1.807, 2.05) is 65.0 Å². The quantitative estimate of drug-likeness (QED) is 0.176. The summed E-state index contributed by atoms with van der Waals surface area (Å²) in [6.45, 7) is 9.89. The van der Waals surface area contributed by atoms with Gasteiger partial charge in [-0.05, 0) is 36.7 Å². The molecule has 37 heavy (non-hydrogen) atoms. The summed E-state index contributed by atoms with van der Waals surface area (Å²) >= 11 is 0. The van der Waals surface area contributed by atoms with Crippen molar-refractivity contribution in [2.24, 2.45) is 11.8 Å². The topological polar surface area (TPSA) is 154 Å². The predicted molar refractivity (Wildman–Crippen MR) is 142 cm³/mol. The maximum absolute atomic E-state index is 13.1.